The molecule has 1 saturated heterocycles. The topological polar surface area (TPSA) is 54.8 Å². The Kier molecular flexibility index (Phi) is 5.72. The summed E-state index contributed by atoms with van der Waals surface area (Å²) in [7, 11) is 1.06. The van der Waals surface area contributed by atoms with Gasteiger partial charge in [0.05, 0.1) is 44.6 Å². The number of pyridine rings is 1. The maximum absolute atomic E-state index is 15.5. The molecule has 53 heavy (non-hydrogen) atoms. The van der Waals surface area contributed by atoms with E-state index in [9.17, 15) is 29.2 Å². The normalized spacial score (nSPS) is 25.0. The number of benzene rings is 4. The van der Waals surface area contributed by atoms with E-state index in [1.807, 2.05) is 0 Å². The van der Waals surface area contributed by atoms with Crippen LogP contribution in [0.15, 0.2) is 100 Å². The molecule has 0 radical (unpaired) electrons. The number of nitrogens with zero attached hydrogens (tertiary/aromatic N) is 3. The van der Waals surface area contributed by atoms with Crippen molar-refractivity contribution >= 4 is 28.6 Å². The molecule has 4 aromatic carbocycles. The molecule has 1 aliphatic rings. The summed E-state index contributed by atoms with van der Waals surface area (Å²) < 4.78 is 288. The van der Waals surface area contributed by atoms with Gasteiger partial charge in [-0.15, -0.1) is 11.8 Å². The Labute approximate surface area is 342 Å². The van der Waals surface area contributed by atoms with Gasteiger partial charge in [0.1, 0.15) is 6.54 Å². The van der Waals surface area contributed by atoms with E-state index in [2.05, 4.69) is 0 Å². The molecule has 1 fully saturated rings. The van der Waals surface area contributed by atoms with Gasteiger partial charge < -0.3 is 19.1 Å². The SMILES string of the molecule is [2H]c1c([2H])c(F)c(F)c(CSc2c([2H])c(=O)c3c([2H])c([2H])c([2H])c([2H])c3n2CC(=O)N(Cc2c([2H])c([2H])c(-c3c([2H])c([2H])c(C(F)(F)F)c(C)c3[2H])c([2H])c2[2H])C2([2H])C([2H])([2H])C([2H])([2H])N(CCOC)C([2H])([2H])C2([2H])[2H])c1[2H]. The fourth-order valence-electron chi connectivity index (χ4n) is 4.76. The molecule has 6 rings (SSSR count). The van der Waals surface area contributed by atoms with Crippen LogP contribution in [0, 0.1) is 18.6 Å². The Balaban J connectivity index is 1.72. The number of piperidine rings is 1. The van der Waals surface area contributed by atoms with Crippen LogP contribution in [-0.2, 0) is 34.6 Å². The minimum Gasteiger partial charge on any atom is -0.383 e. The maximum atomic E-state index is 15.5. The fraction of sp³-hybridized carbons (Fsp3) is 0.317. The maximum Gasteiger partial charge on any atom is 0.416 e. The number of aromatic nitrogens is 1. The number of alkyl halides is 3. The number of rotatable bonds is 12. The number of para-hydroxylation sites is 1. The molecule has 1 aromatic heterocycles. The van der Waals surface area contributed by atoms with Gasteiger partial charge in [0.2, 0.25) is 5.91 Å². The summed E-state index contributed by atoms with van der Waals surface area (Å²) in [6, 6.07) is -23.3. The van der Waals surface area contributed by atoms with Gasteiger partial charge in [0, 0.05) is 72.9 Å². The van der Waals surface area contributed by atoms with Gasteiger partial charge in [-0.25, -0.2) is 8.78 Å². The van der Waals surface area contributed by atoms with Crippen LogP contribution in [0.3, 0.4) is 0 Å². The summed E-state index contributed by atoms with van der Waals surface area (Å²) in [6.07, 6.45) is -13.8. The lowest BCUT2D eigenvalue weighted by molar-refractivity contribution is -0.138. The van der Waals surface area contributed by atoms with Crippen LogP contribution in [0.5, 0.6) is 0 Å². The van der Waals surface area contributed by atoms with Gasteiger partial charge >= 0.3 is 6.18 Å². The molecule has 0 atom stereocenters. The smallest absolute Gasteiger partial charge is 0.383 e. The molecule has 1 aliphatic heterocycles. The first-order chi connectivity index (χ1) is 35.1. The van der Waals surface area contributed by atoms with Crippen molar-refractivity contribution < 1.29 is 64.4 Å². The van der Waals surface area contributed by atoms with Crippen LogP contribution in [0.25, 0.3) is 22.0 Å². The Morgan fingerprint density at radius 1 is 1.00 bits per heavy atom. The number of carbonyl (C=O) groups is 1. The third-order valence-corrected chi connectivity index (χ3v) is 8.38. The van der Waals surface area contributed by atoms with E-state index < -0.39 is 233 Å². The lowest BCUT2D eigenvalue weighted by Crippen LogP contribution is -2.48. The zero-order chi connectivity index (χ0) is 58.8. The van der Waals surface area contributed by atoms with Crippen molar-refractivity contribution in [1.82, 2.24) is 14.4 Å². The molecule has 2 heterocycles. The van der Waals surface area contributed by atoms with Crippen LogP contribution in [0.1, 0.15) is 67.9 Å². The van der Waals surface area contributed by atoms with Crippen LogP contribution < -0.4 is 5.43 Å². The minimum atomic E-state index is -5.31. The third-order valence-electron chi connectivity index (χ3n) is 7.36. The molecular weight excluding hydrogens is 710 g/mol. The van der Waals surface area contributed by atoms with Crippen LogP contribution in [0.4, 0.5) is 22.0 Å². The van der Waals surface area contributed by atoms with E-state index in [4.69, 9.17) is 30.8 Å². The summed E-state index contributed by atoms with van der Waals surface area (Å²) in [5.41, 5.74) is -9.51. The van der Waals surface area contributed by atoms with Gasteiger partial charge in [0.25, 0.3) is 0 Å². The van der Waals surface area contributed by atoms with Crippen molar-refractivity contribution in [2.75, 3.05) is 33.3 Å². The average molecular weight is 774 g/mol. The molecule has 6 nitrogen and oxygen atoms in total. The predicted octanol–water partition coefficient (Wildman–Crippen LogP) is 8.71. The molecule has 0 aliphatic carbocycles. The second kappa shape index (κ2) is 16.7. The highest BCUT2D eigenvalue weighted by Crippen LogP contribution is 2.34. The van der Waals surface area contributed by atoms with Crippen molar-refractivity contribution in [3.8, 4) is 11.1 Å². The van der Waals surface area contributed by atoms with E-state index >= 15 is 9.18 Å². The second-order valence-electron chi connectivity index (χ2n) is 10.9. The molecule has 0 spiro atoms. The highest BCUT2D eigenvalue weighted by atomic mass is 32.2. The molecule has 0 bridgehead atoms. The van der Waals surface area contributed by atoms with E-state index in [-0.39, 0.29) is 21.6 Å². The van der Waals surface area contributed by atoms with Crippen molar-refractivity contribution in [3.63, 3.8) is 0 Å². The Morgan fingerprint density at radius 3 is 2.43 bits per heavy atom. The number of hydrogen-bond donors (Lipinski definition) is 0. The number of hydrogen-bond acceptors (Lipinski definition) is 5. The van der Waals surface area contributed by atoms with Gasteiger partial charge in [-0.1, -0.05) is 60.4 Å². The summed E-state index contributed by atoms with van der Waals surface area (Å²) in [4.78, 5) is 29.2. The summed E-state index contributed by atoms with van der Waals surface area (Å²) in [5, 5.41) is -1.99. The Bertz CT molecular complexity index is 3280. The van der Waals surface area contributed by atoms with E-state index in [1.165, 1.54) is 0 Å². The van der Waals surface area contributed by atoms with E-state index in [1.54, 1.807) is 0 Å². The molecule has 278 valence electrons. The zero-order valence-corrected chi connectivity index (χ0v) is 28.2. The molecule has 5 aromatic rings. The standard InChI is InChI=1S/C41H40F5N3O3S/c1-27-22-30(14-15-34(27)41(44,45)46)29-12-10-28(11-13-29)24-48(32-16-18-47(19-17-32)20-21-52-2)38(51)25-49-36-9-4-3-7-33(36)37(50)23-39(49)53-26-31-6-5-8-35(42)40(31)43/h3-15,22-23,32H,16-21,24-26H2,1-2H3/i3D,4D,5D,6D,7D,8D,9D,10D,11D,12D,13D,14D,15D,16D2,17D2,18D2,19D2,22D,23D,32D. The lowest BCUT2D eigenvalue weighted by Gasteiger charge is -2.39. The molecule has 0 saturated carbocycles. The first kappa shape index (κ1) is 18.2. The molecular formula is C41H40F5N3O3S. The van der Waals surface area contributed by atoms with Crippen molar-refractivity contribution in [1.29, 1.82) is 0 Å². The number of amides is 1. The highest BCUT2D eigenvalue weighted by molar-refractivity contribution is 7.98. The second-order valence-corrected chi connectivity index (χ2v) is 11.9. The molecule has 0 N–H and O–H groups in total. The average Bonchev–Trinajstić information content (AvgIpc) is 3.34. The van der Waals surface area contributed by atoms with Crippen molar-refractivity contribution in [2.45, 2.75) is 55.7 Å². The Morgan fingerprint density at radius 2 is 1.72 bits per heavy atom. The van der Waals surface area contributed by atoms with Gasteiger partial charge in [0.15, 0.2) is 17.1 Å². The monoisotopic (exact) mass is 773 g/mol. The first-order valence-corrected chi connectivity index (χ1v) is 16.1. The predicted molar refractivity (Wildman–Crippen MR) is 198 cm³/mol. The van der Waals surface area contributed by atoms with Crippen molar-refractivity contribution in [3.05, 3.63) is 135 Å². The van der Waals surface area contributed by atoms with Gasteiger partial charge in [-0.3, -0.25) is 9.59 Å². The zero-order valence-electron chi connectivity index (χ0n) is 51.4. The Hall–Kier alpha value is -4.52. The summed E-state index contributed by atoms with van der Waals surface area (Å²) in [5.74, 6) is -6.85. The van der Waals surface area contributed by atoms with Gasteiger partial charge in [-0.05, 0) is 66.1 Å². The number of ether oxygens (including phenoxy) is 1. The van der Waals surface area contributed by atoms with Crippen LogP contribution in [0.2, 0.25) is 0 Å². The number of carbonyl (C=O) groups excluding carboxylic acids is 1. The lowest BCUT2D eigenvalue weighted by atomic mass is 9.98. The number of halogens is 5. The molecule has 12 heteroatoms. The quantitative estimate of drug-likeness (QED) is 0.0939. The van der Waals surface area contributed by atoms with E-state index in [0.717, 1.165) is 14.0 Å². The fourth-order valence-corrected chi connectivity index (χ4v) is 5.72. The van der Waals surface area contributed by atoms with Crippen LogP contribution in [-0.4, -0.2) is 59.5 Å². The minimum absolute atomic E-state index is 0.00234. The number of thioether (sulfide) groups is 1. The third kappa shape index (κ3) is 9.00. The number of likely N-dealkylation sites (tertiary alicyclic amines) is 1. The molecule has 0 unspecified atom stereocenters. The van der Waals surface area contributed by atoms with Crippen molar-refractivity contribution in [2.24, 2.45) is 0 Å². The number of methoxy groups -OCH3 is 1. The summed E-state index contributed by atoms with van der Waals surface area (Å²) >= 11 is 0.0773. The highest BCUT2D eigenvalue weighted by Gasteiger charge is 2.32. The van der Waals surface area contributed by atoms with E-state index in [0.29, 0.717) is 4.57 Å². The first-order valence-electron chi connectivity index (χ1n) is 27.1. The van der Waals surface area contributed by atoms with Gasteiger partial charge in [-0.2, -0.15) is 13.2 Å². The summed E-state index contributed by atoms with van der Waals surface area (Å²) in [6.45, 7) is -12.2. The van der Waals surface area contributed by atoms with Crippen LogP contribution >= 0.6 is 11.8 Å². The molecule has 1 amide bonds. The number of fused-ring (bicyclic) bond motifs is 1. The largest absolute Gasteiger partial charge is 0.416 e.